The van der Waals surface area contributed by atoms with Crippen LogP contribution in [0.1, 0.15) is 6.92 Å². The lowest BCUT2D eigenvalue weighted by atomic mass is 10.3. The molecule has 7 heteroatoms. The van der Waals surface area contributed by atoms with Crippen molar-refractivity contribution in [2.24, 2.45) is 0 Å². The molecule has 1 N–H and O–H groups in total. The van der Waals surface area contributed by atoms with Gasteiger partial charge in [-0.15, -0.1) is 0 Å². The van der Waals surface area contributed by atoms with Crippen molar-refractivity contribution in [3.05, 3.63) is 24.3 Å². The van der Waals surface area contributed by atoms with E-state index in [1.807, 2.05) is 0 Å². The first kappa shape index (κ1) is 16.9. The fourth-order valence-corrected chi connectivity index (χ4v) is 2.34. The van der Waals surface area contributed by atoms with Gasteiger partial charge in [-0.3, -0.25) is 4.79 Å². The second kappa shape index (κ2) is 5.69. The Labute approximate surface area is 114 Å². The fraction of sp³-hybridized carbons (Fsp3) is 0.364. The Balaban J connectivity index is 0.00000289. The van der Waals surface area contributed by atoms with E-state index in [1.54, 1.807) is 33.3 Å². The molecule has 0 saturated heterocycles. The molecule has 18 heavy (non-hydrogen) atoms. The van der Waals surface area contributed by atoms with Crippen LogP contribution in [-0.4, -0.2) is 39.4 Å². The van der Waals surface area contributed by atoms with Gasteiger partial charge >= 0.3 is 10.0 Å². The number of carbonyl (C=O) groups is 1. The number of hydrogen-bond donors (Lipinski definition) is 1. The zero-order valence-electron chi connectivity index (χ0n) is 10.8. The number of nitrogens with one attached hydrogen (secondary N) is 1. The minimum absolute atomic E-state index is 0. The first-order valence-electron chi connectivity index (χ1n) is 5.09. The Bertz CT molecular complexity index is 518. The van der Waals surface area contributed by atoms with E-state index < -0.39 is 10.0 Å². The van der Waals surface area contributed by atoms with E-state index in [1.165, 1.54) is 19.1 Å². The third-order valence-corrected chi connectivity index (χ3v) is 4.50. The molecular formula is C11H17ClN2O3S. The Kier molecular flexibility index (Phi) is 5.34. The molecule has 0 aliphatic carbocycles. The first-order valence-corrected chi connectivity index (χ1v) is 6.53. The van der Waals surface area contributed by atoms with Gasteiger partial charge < -0.3 is 17.7 Å². The lowest BCUT2D eigenvalue weighted by Gasteiger charge is -2.22. The van der Waals surface area contributed by atoms with Crippen molar-refractivity contribution < 1.29 is 29.5 Å². The summed E-state index contributed by atoms with van der Waals surface area (Å²) in [4.78, 5) is 11.1. The molecule has 1 rings (SSSR count). The summed E-state index contributed by atoms with van der Waals surface area (Å²) in [5.41, 5.74) is 0.581. The molecule has 0 fully saturated rings. The maximum absolute atomic E-state index is 12.1. The van der Waals surface area contributed by atoms with Gasteiger partial charge in [0, 0.05) is 12.6 Å². The normalized spacial score (nSPS) is 11.6. The molecular weight excluding hydrogens is 276 g/mol. The second-order valence-corrected chi connectivity index (χ2v) is 7.09. The highest BCUT2D eigenvalue weighted by Crippen LogP contribution is 2.19. The van der Waals surface area contributed by atoms with Crippen LogP contribution in [0.3, 0.4) is 0 Å². The summed E-state index contributed by atoms with van der Waals surface area (Å²) >= 11 is 0. The number of carbonyl (C=O) groups excluding carboxylic acids is 1. The predicted molar refractivity (Wildman–Crippen MR) is 66.0 cm³/mol. The number of hydrogen-bond acceptors (Lipinski definition) is 3. The highest BCUT2D eigenvalue weighted by atomic mass is 35.5. The number of halogens is 1. The van der Waals surface area contributed by atoms with Gasteiger partial charge in [0.05, 0.1) is 21.1 Å². The predicted octanol–water partition coefficient (Wildman–Crippen LogP) is -1.96. The summed E-state index contributed by atoms with van der Waals surface area (Å²) in [5, 5.41) is 2.58. The lowest BCUT2D eigenvalue weighted by molar-refractivity contribution is -0.739. The minimum Gasteiger partial charge on any atom is -1.00 e. The molecule has 0 atom stereocenters. The van der Waals surface area contributed by atoms with Crippen molar-refractivity contribution in [1.29, 1.82) is 0 Å². The molecule has 1 aromatic carbocycles. The maximum atomic E-state index is 12.1. The van der Waals surface area contributed by atoms with Crippen LogP contribution in [0.4, 0.5) is 5.69 Å². The van der Waals surface area contributed by atoms with Crippen molar-refractivity contribution in [3.8, 4) is 0 Å². The van der Waals surface area contributed by atoms with E-state index in [-0.39, 0.29) is 27.1 Å². The van der Waals surface area contributed by atoms with E-state index in [4.69, 9.17) is 0 Å². The Morgan fingerprint density at radius 1 is 1.11 bits per heavy atom. The van der Waals surface area contributed by atoms with E-state index in [2.05, 4.69) is 5.32 Å². The zero-order chi connectivity index (χ0) is 13.3. The van der Waals surface area contributed by atoms with Crippen LogP contribution in [0.15, 0.2) is 29.2 Å². The molecule has 102 valence electrons. The van der Waals surface area contributed by atoms with Crippen molar-refractivity contribution in [1.82, 2.24) is 0 Å². The molecule has 0 bridgehead atoms. The van der Waals surface area contributed by atoms with Gasteiger partial charge in [0.2, 0.25) is 5.91 Å². The number of anilines is 1. The number of nitrogens with zero attached hydrogens (tertiary/aromatic N) is 1. The van der Waals surface area contributed by atoms with Crippen LogP contribution in [0, 0.1) is 0 Å². The summed E-state index contributed by atoms with van der Waals surface area (Å²) in [6.07, 6.45) is 0. The third-order valence-electron chi connectivity index (χ3n) is 2.19. The molecule has 0 spiro atoms. The van der Waals surface area contributed by atoms with Gasteiger partial charge in [-0.2, -0.15) is 8.42 Å². The average Bonchev–Trinajstić information content (AvgIpc) is 2.15. The van der Waals surface area contributed by atoms with E-state index in [9.17, 15) is 13.2 Å². The van der Waals surface area contributed by atoms with Gasteiger partial charge in [0.15, 0.2) is 0 Å². The summed E-state index contributed by atoms with van der Waals surface area (Å²) in [5.74, 6) is -0.188. The van der Waals surface area contributed by atoms with Gasteiger partial charge in [0.25, 0.3) is 0 Å². The van der Waals surface area contributed by atoms with Gasteiger partial charge in [-0.1, -0.05) is 0 Å². The molecule has 0 radical (unpaired) electrons. The van der Waals surface area contributed by atoms with Crippen LogP contribution in [0.2, 0.25) is 0 Å². The molecule has 0 saturated carbocycles. The quantitative estimate of drug-likeness (QED) is 0.659. The minimum atomic E-state index is -3.40. The molecule has 1 aromatic rings. The smallest absolute Gasteiger partial charge is 0.326 e. The average molecular weight is 293 g/mol. The monoisotopic (exact) mass is 292 g/mol. The highest BCUT2D eigenvalue weighted by molar-refractivity contribution is 7.85. The molecule has 0 unspecified atom stereocenters. The lowest BCUT2D eigenvalue weighted by Crippen LogP contribution is -3.00. The summed E-state index contributed by atoms with van der Waals surface area (Å²) in [6, 6.07) is 6.13. The van der Waals surface area contributed by atoms with Gasteiger partial charge in [-0.25, -0.2) is 3.89 Å². The largest absolute Gasteiger partial charge is 1.00 e. The molecule has 1 amide bonds. The molecule has 0 heterocycles. The Morgan fingerprint density at radius 2 is 1.56 bits per heavy atom. The maximum Gasteiger partial charge on any atom is 0.326 e. The summed E-state index contributed by atoms with van der Waals surface area (Å²) in [6.45, 7) is 1.40. The number of benzene rings is 1. The van der Waals surface area contributed by atoms with E-state index in [0.717, 1.165) is 0 Å². The van der Waals surface area contributed by atoms with Crippen LogP contribution in [0.5, 0.6) is 0 Å². The fourth-order valence-electron chi connectivity index (χ4n) is 1.23. The van der Waals surface area contributed by atoms with Gasteiger partial charge in [0.1, 0.15) is 4.90 Å². The van der Waals surface area contributed by atoms with Crippen molar-refractivity contribution in [2.75, 3.05) is 26.5 Å². The van der Waals surface area contributed by atoms with E-state index in [0.29, 0.717) is 5.69 Å². The number of quaternary nitrogens is 1. The molecule has 5 nitrogen and oxygen atoms in total. The number of rotatable bonds is 3. The summed E-state index contributed by atoms with van der Waals surface area (Å²) < 4.78 is 24.0. The van der Waals surface area contributed by atoms with Crippen LogP contribution in [-0.2, 0) is 14.8 Å². The summed E-state index contributed by atoms with van der Waals surface area (Å²) in [7, 11) is 1.39. The van der Waals surface area contributed by atoms with Crippen LogP contribution in [0.25, 0.3) is 0 Å². The second-order valence-electron chi connectivity index (χ2n) is 4.57. The number of amides is 1. The number of sulfonamides is 1. The van der Waals surface area contributed by atoms with Crippen molar-refractivity contribution in [3.63, 3.8) is 0 Å². The van der Waals surface area contributed by atoms with Crippen LogP contribution >= 0.6 is 0 Å². The SMILES string of the molecule is CC(=O)Nc1ccc(S(=O)(=O)[N+](C)(C)C)cc1.[Cl-]. The molecule has 0 aromatic heterocycles. The molecule has 0 aliphatic heterocycles. The Morgan fingerprint density at radius 3 is 1.89 bits per heavy atom. The first-order chi connectivity index (χ1) is 7.64. The third kappa shape index (κ3) is 3.69. The van der Waals surface area contributed by atoms with Crippen LogP contribution < -0.4 is 17.7 Å². The van der Waals surface area contributed by atoms with Gasteiger partial charge in [-0.05, 0) is 24.3 Å². The Hall–Kier alpha value is -1.11. The molecule has 0 aliphatic rings. The van der Waals surface area contributed by atoms with Crippen molar-refractivity contribution >= 4 is 21.6 Å². The van der Waals surface area contributed by atoms with E-state index >= 15 is 0 Å². The topological polar surface area (TPSA) is 63.2 Å². The van der Waals surface area contributed by atoms with Crippen molar-refractivity contribution in [2.45, 2.75) is 11.8 Å². The standard InChI is InChI=1S/C11H16N2O3S.ClH/c1-9(14)12-10-5-7-11(8-6-10)17(15,16)13(2,3)4;/h5-8H,1-4H3;1H. The zero-order valence-corrected chi connectivity index (χ0v) is 12.3. The highest BCUT2D eigenvalue weighted by Gasteiger charge is 2.29.